The molecule has 1 saturated heterocycles. The first-order chi connectivity index (χ1) is 13.5. The number of carbonyl (C=O) groups is 1. The molecule has 0 saturated carbocycles. The highest BCUT2D eigenvalue weighted by molar-refractivity contribution is 7.85. The third-order valence-electron chi connectivity index (χ3n) is 5.09. The second kappa shape index (κ2) is 7.28. The summed E-state index contributed by atoms with van der Waals surface area (Å²) in [6.07, 6.45) is 1.54. The molecule has 0 aliphatic carbocycles. The van der Waals surface area contributed by atoms with Crippen molar-refractivity contribution in [2.24, 2.45) is 5.92 Å². The number of benzene rings is 2. The van der Waals surface area contributed by atoms with Gasteiger partial charge >= 0.3 is 0 Å². The van der Waals surface area contributed by atoms with Crippen LogP contribution in [0.2, 0.25) is 0 Å². The van der Waals surface area contributed by atoms with Gasteiger partial charge in [-0.25, -0.2) is 4.21 Å². The zero-order valence-corrected chi connectivity index (χ0v) is 16.7. The number of amides is 1. The fourth-order valence-electron chi connectivity index (χ4n) is 3.47. The summed E-state index contributed by atoms with van der Waals surface area (Å²) < 4.78 is 24.1. The monoisotopic (exact) mass is 395 g/mol. The molecule has 3 atom stereocenters. The molecule has 144 valence electrons. The van der Waals surface area contributed by atoms with Gasteiger partial charge in [-0.05, 0) is 49.4 Å². The zero-order chi connectivity index (χ0) is 19.8. The number of furan rings is 1. The van der Waals surface area contributed by atoms with Crippen molar-refractivity contribution < 1.29 is 18.2 Å². The van der Waals surface area contributed by atoms with Gasteiger partial charge in [0.05, 0.1) is 35.0 Å². The van der Waals surface area contributed by atoms with Crippen molar-refractivity contribution in [1.82, 2.24) is 0 Å². The Hall–Kier alpha value is -2.86. The fourth-order valence-corrected chi connectivity index (χ4v) is 4.64. The first-order valence-electron chi connectivity index (χ1n) is 9.04. The van der Waals surface area contributed by atoms with Crippen LogP contribution >= 0.6 is 0 Å². The smallest absolute Gasteiger partial charge is 0.233 e. The van der Waals surface area contributed by atoms with Gasteiger partial charge in [-0.15, -0.1) is 0 Å². The number of aryl methyl sites for hydroxylation is 1. The number of hydrogen-bond donors (Lipinski definition) is 0. The number of anilines is 1. The summed E-state index contributed by atoms with van der Waals surface area (Å²) in [6.45, 7) is 3.86. The van der Waals surface area contributed by atoms with Gasteiger partial charge < -0.3 is 14.1 Å². The van der Waals surface area contributed by atoms with E-state index in [2.05, 4.69) is 0 Å². The summed E-state index contributed by atoms with van der Waals surface area (Å²) in [5.41, 5.74) is 1.87. The number of methoxy groups -OCH3 is 1. The highest BCUT2D eigenvalue weighted by Crippen LogP contribution is 2.45. The van der Waals surface area contributed by atoms with Crippen LogP contribution in [0.1, 0.15) is 24.3 Å². The molecule has 1 aliphatic heterocycles. The second-order valence-corrected chi connectivity index (χ2v) is 8.32. The topological polar surface area (TPSA) is 59.8 Å². The minimum absolute atomic E-state index is 0.0126. The van der Waals surface area contributed by atoms with Gasteiger partial charge in [-0.2, -0.15) is 0 Å². The molecule has 6 heteroatoms. The molecule has 3 aromatic rings. The molecule has 1 fully saturated rings. The van der Waals surface area contributed by atoms with E-state index in [1.165, 1.54) is 0 Å². The number of nitrogens with zero attached hydrogens (tertiary/aromatic N) is 1. The van der Waals surface area contributed by atoms with Gasteiger partial charge in [0.1, 0.15) is 17.6 Å². The Balaban J connectivity index is 1.68. The normalized spacial score (nSPS) is 20.0. The van der Waals surface area contributed by atoms with Gasteiger partial charge in [0, 0.05) is 10.6 Å². The van der Waals surface area contributed by atoms with Crippen LogP contribution in [-0.2, 0) is 15.6 Å². The molecule has 4 rings (SSSR count). The van der Waals surface area contributed by atoms with E-state index in [4.69, 9.17) is 9.15 Å². The van der Waals surface area contributed by atoms with Crippen molar-refractivity contribution in [3.8, 4) is 5.75 Å². The number of β-lactam (4-membered cyclic amide) rings is 1. The molecule has 0 radical (unpaired) electrons. The molecule has 0 spiro atoms. The number of carbonyl (C=O) groups excluding carboxylic acids is 1. The first-order valence-corrected chi connectivity index (χ1v) is 10.2. The Morgan fingerprint density at radius 3 is 2.36 bits per heavy atom. The molecule has 1 aliphatic rings. The van der Waals surface area contributed by atoms with Gasteiger partial charge in [0.15, 0.2) is 0 Å². The Kier molecular flexibility index (Phi) is 4.81. The van der Waals surface area contributed by atoms with E-state index in [1.54, 1.807) is 24.3 Å². The summed E-state index contributed by atoms with van der Waals surface area (Å²) in [4.78, 5) is 15.6. The Labute approximate surface area is 166 Å². The standard InChI is InChI=1S/C22H21NO4S/c1-14-4-10-18(11-5-14)28(25)19-12-13-27-21(19)20-15(2)22(24)23(20)16-6-8-17(26-3)9-7-16/h4-13,15,20H,1-3H3/t15-,20+,28-/m0/s1. The largest absolute Gasteiger partial charge is 0.497 e. The highest BCUT2D eigenvalue weighted by Gasteiger charge is 2.49. The van der Waals surface area contributed by atoms with Crippen molar-refractivity contribution in [1.29, 1.82) is 0 Å². The van der Waals surface area contributed by atoms with E-state index in [1.807, 2.05) is 62.4 Å². The van der Waals surface area contributed by atoms with Crippen LogP contribution < -0.4 is 9.64 Å². The van der Waals surface area contributed by atoms with Crippen molar-refractivity contribution in [3.63, 3.8) is 0 Å². The first kappa shape index (κ1) is 18.5. The maximum absolute atomic E-state index is 13.1. The lowest BCUT2D eigenvalue weighted by atomic mass is 9.86. The molecule has 5 nitrogen and oxygen atoms in total. The van der Waals surface area contributed by atoms with E-state index < -0.39 is 10.8 Å². The van der Waals surface area contributed by atoms with Crippen LogP contribution in [-0.4, -0.2) is 17.2 Å². The van der Waals surface area contributed by atoms with Crippen molar-refractivity contribution in [3.05, 3.63) is 72.2 Å². The molecule has 2 aromatic carbocycles. The van der Waals surface area contributed by atoms with Crippen LogP contribution in [0.5, 0.6) is 5.75 Å². The summed E-state index contributed by atoms with van der Waals surface area (Å²) in [5, 5.41) is 0. The maximum Gasteiger partial charge on any atom is 0.233 e. The Bertz CT molecular complexity index is 1020. The number of ether oxygens (including phenoxy) is 1. The Morgan fingerprint density at radius 1 is 1.04 bits per heavy atom. The fraction of sp³-hybridized carbons (Fsp3) is 0.227. The van der Waals surface area contributed by atoms with Crippen LogP contribution in [0, 0.1) is 12.8 Å². The van der Waals surface area contributed by atoms with E-state index in [0.29, 0.717) is 15.6 Å². The quantitative estimate of drug-likeness (QED) is 0.598. The van der Waals surface area contributed by atoms with E-state index >= 15 is 0 Å². The van der Waals surface area contributed by atoms with Crippen molar-refractivity contribution in [2.45, 2.75) is 29.7 Å². The minimum Gasteiger partial charge on any atom is -0.497 e. The average molecular weight is 395 g/mol. The molecule has 28 heavy (non-hydrogen) atoms. The van der Waals surface area contributed by atoms with Gasteiger partial charge in [-0.3, -0.25) is 4.79 Å². The molecule has 0 bridgehead atoms. The molecular formula is C22H21NO4S. The van der Waals surface area contributed by atoms with Crippen molar-refractivity contribution in [2.75, 3.05) is 12.0 Å². The third kappa shape index (κ3) is 3.03. The number of hydrogen-bond acceptors (Lipinski definition) is 4. The van der Waals surface area contributed by atoms with Crippen LogP contribution in [0.3, 0.4) is 0 Å². The van der Waals surface area contributed by atoms with Crippen molar-refractivity contribution >= 4 is 22.4 Å². The van der Waals surface area contributed by atoms with E-state index in [0.717, 1.165) is 17.0 Å². The summed E-state index contributed by atoms with van der Waals surface area (Å²) in [6, 6.07) is 16.3. The molecule has 0 N–H and O–H groups in total. The lowest BCUT2D eigenvalue weighted by molar-refractivity contribution is -0.130. The van der Waals surface area contributed by atoms with Gasteiger partial charge in [0.25, 0.3) is 0 Å². The summed E-state index contributed by atoms with van der Waals surface area (Å²) in [5.74, 6) is 1.06. The summed E-state index contributed by atoms with van der Waals surface area (Å²) >= 11 is 0. The third-order valence-corrected chi connectivity index (χ3v) is 6.53. The van der Waals surface area contributed by atoms with Crippen LogP contribution in [0.25, 0.3) is 0 Å². The van der Waals surface area contributed by atoms with Gasteiger partial charge in [-0.1, -0.05) is 24.6 Å². The summed E-state index contributed by atoms with van der Waals surface area (Å²) in [7, 11) is 0.223. The molecular weight excluding hydrogens is 374 g/mol. The lowest BCUT2D eigenvalue weighted by Crippen LogP contribution is -2.54. The SMILES string of the molecule is COc1ccc(N2C(=O)[C@@H](C)[C@@H]2c2occc2[S@@](=O)c2ccc(C)cc2)cc1. The van der Waals surface area contributed by atoms with E-state index in [-0.39, 0.29) is 17.9 Å². The zero-order valence-electron chi connectivity index (χ0n) is 15.9. The predicted molar refractivity (Wildman–Crippen MR) is 107 cm³/mol. The molecule has 1 amide bonds. The molecule has 1 aromatic heterocycles. The predicted octanol–water partition coefficient (Wildman–Crippen LogP) is 4.49. The highest BCUT2D eigenvalue weighted by atomic mass is 32.2. The molecule has 2 heterocycles. The maximum atomic E-state index is 13.1. The van der Waals surface area contributed by atoms with E-state index in [9.17, 15) is 9.00 Å². The number of rotatable bonds is 5. The molecule has 0 unspecified atom stereocenters. The van der Waals surface area contributed by atoms with Crippen LogP contribution in [0.4, 0.5) is 5.69 Å². The van der Waals surface area contributed by atoms with Crippen LogP contribution in [0.15, 0.2) is 75.1 Å². The Morgan fingerprint density at radius 2 is 1.71 bits per heavy atom. The van der Waals surface area contributed by atoms with Gasteiger partial charge in [0.2, 0.25) is 5.91 Å². The lowest BCUT2D eigenvalue weighted by Gasteiger charge is -2.44. The second-order valence-electron chi connectivity index (χ2n) is 6.87. The average Bonchev–Trinajstić information content (AvgIpc) is 3.20. The minimum atomic E-state index is -1.38.